The quantitative estimate of drug-likeness (QED) is 0.732. The third-order valence-corrected chi connectivity index (χ3v) is 2.45. The van der Waals surface area contributed by atoms with E-state index in [0.717, 1.165) is 5.82 Å². The number of imidazole rings is 1. The Balaban J connectivity index is 2.29. The van der Waals surface area contributed by atoms with Gasteiger partial charge in [0.05, 0.1) is 6.04 Å². The topological polar surface area (TPSA) is 40.7 Å². The van der Waals surface area contributed by atoms with Gasteiger partial charge in [0.15, 0.2) is 0 Å². The van der Waals surface area contributed by atoms with Gasteiger partial charge in [-0.1, -0.05) is 19.8 Å². The first-order valence-electron chi connectivity index (χ1n) is 5.49. The van der Waals surface area contributed by atoms with Crippen molar-refractivity contribution in [3.05, 3.63) is 18.2 Å². The summed E-state index contributed by atoms with van der Waals surface area (Å²) in [6.45, 7) is 6.60. The maximum Gasteiger partial charge on any atom is 0.122 e. The van der Waals surface area contributed by atoms with Crippen LogP contribution in [-0.2, 0) is 0 Å². The Bertz CT molecular complexity index is 231. The first-order valence-corrected chi connectivity index (χ1v) is 5.49. The van der Waals surface area contributed by atoms with Crippen molar-refractivity contribution in [2.24, 2.45) is 0 Å². The number of hydrogen-bond donors (Lipinski definition) is 2. The van der Waals surface area contributed by atoms with E-state index in [2.05, 4.69) is 36.1 Å². The van der Waals surface area contributed by atoms with E-state index >= 15 is 0 Å². The van der Waals surface area contributed by atoms with Crippen molar-refractivity contribution >= 4 is 0 Å². The van der Waals surface area contributed by atoms with Gasteiger partial charge in [-0.15, -0.1) is 0 Å². The van der Waals surface area contributed by atoms with Crippen LogP contribution >= 0.6 is 0 Å². The van der Waals surface area contributed by atoms with E-state index in [1.54, 1.807) is 6.20 Å². The summed E-state index contributed by atoms with van der Waals surface area (Å²) in [4.78, 5) is 7.36. The summed E-state index contributed by atoms with van der Waals surface area (Å²) >= 11 is 0. The van der Waals surface area contributed by atoms with Gasteiger partial charge in [0.25, 0.3) is 0 Å². The summed E-state index contributed by atoms with van der Waals surface area (Å²) < 4.78 is 0. The molecule has 1 aromatic rings. The number of rotatable bonds is 6. The molecule has 0 saturated carbocycles. The zero-order valence-corrected chi connectivity index (χ0v) is 9.38. The summed E-state index contributed by atoms with van der Waals surface area (Å²) in [5.74, 6) is 1.02. The summed E-state index contributed by atoms with van der Waals surface area (Å²) in [7, 11) is 0. The highest BCUT2D eigenvalue weighted by atomic mass is 15.0. The van der Waals surface area contributed by atoms with E-state index in [0.29, 0.717) is 12.1 Å². The molecule has 0 aliphatic heterocycles. The third kappa shape index (κ3) is 3.50. The number of aromatic nitrogens is 2. The van der Waals surface area contributed by atoms with Gasteiger partial charge < -0.3 is 10.3 Å². The van der Waals surface area contributed by atoms with Gasteiger partial charge in [0.2, 0.25) is 0 Å². The highest BCUT2D eigenvalue weighted by molar-refractivity contribution is 4.94. The number of hydrogen-bond acceptors (Lipinski definition) is 2. The lowest BCUT2D eigenvalue weighted by molar-refractivity contribution is 0.434. The smallest absolute Gasteiger partial charge is 0.122 e. The highest BCUT2D eigenvalue weighted by Crippen LogP contribution is 2.09. The molecule has 1 rings (SSSR count). The Hall–Kier alpha value is -0.830. The van der Waals surface area contributed by atoms with Gasteiger partial charge in [-0.25, -0.2) is 4.98 Å². The van der Waals surface area contributed by atoms with E-state index in [1.165, 1.54) is 19.3 Å². The van der Waals surface area contributed by atoms with Crippen LogP contribution in [0.1, 0.15) is 51.9 Å². The molecule has 3 heteroatoms. The van der Waals surface area contributed by atoms with Crippen molar-refractivity contribution in [1.29, 1.82) is 0 Å². The van der Waals surface area contributed by atoms with Gasteiger partial charge in [-0.05, 0) is 20.3 Å². The molecular weight excluding hydrogens is 174 g/mol. The molecule has 0 aliphatic carbocycles. The van der Waals surface area contributed by atoms with E-state index in [9.17, 15) is 0 Å². The third-order valence-electron chi connectivity index (χ3n) is 2.45. The SMILES string of the molecule is CCCCC(C)NC(C)c1ncc[nH]1. The summed E-state index contributed by atoms with van der Waals surface area (Å²) in [5.41, 5.74) is 0. The van der Waals surface area contributed by atoms with Crippen molar-refractivity contribution in [2.45, 2.75) is 52.1 Å². The normalized spacial score (nSPS) is 15.4. The molecule has 1 aromatic heterocycles. The fourth-order valence-corrected chi connectivity index (χ4v) is 1.61. The molecule has 0 bridgehead atoms. The van der Waals surface area contributed by atoms with E-state index in [4.69, 9.17) is 0 Å². The lowest BCUT2D eigenvalue weighted by atomic mass is 10.1. The predicted molar refractivity (Wildman–Crippen MR) is 59.1 cm³/mol. The molecule has 0 spiro atoms. The van der Waals surface area contributed by atoms with Crippen molar-refractivity contribution < 1.29 is 0 Å². The molecule has 1 heterocycles. The second kappa shape index (κ2) is 5.81. The molecule has 0 radical (unpaired) electrons. The van der Waals surface area contributed by atoms with Crippen LogP contribution in [0.4, 0.5) is 0 Å². The minimum absolute atomic E-state index is 0.317. The Kier molecular flexibility index (Phi) is 4.66. The molecule has 80 valence electrons. The Morgan fingerprint density at radius 3 is 2.86 bits per heavy atom. The van der Waals surface area contributed by atoms with Crippen molar-refractivity contribution in [1.82, 2.24) is 15.3 Å². The maximum absolute atomic E-state index is 4.23. The molecule has 2 unspecified atom stereocenters. The number of nitrogens with one attached hydrogen (secondary N) is 2. The average Bonchev–Trinajstić information content (AvgIpc) is 2.67. The minimum atomic E-state index is 0.317. The van der Waals surface area contributed by atoms with Gasteiger partial charge in [-0.2, -0.15) is 0 Å². The Labute approximate surface area is 86.3 Å². The zero-order valence-electron chi connectivity index (χ0n) is 9.38. The molecule has 2 atom stereocenters. The lowest BCUT2D eigenvalue weighted by Crippen LogP contribution is -2.29. The van der Waals surface area contributed by atoms with Crippen LogP contribution in [0.25, 0.3) is 0 Å². The maximum atomic E-state index is 4.23. The number of nitrogens with zero attached hydrogens (tertiary/aromatic N) is 1. The number of aromatic amines is 1. The van der Waals surface area contributed by atoms with Crippen molar-refractivity contribution in [3.8, 4) is 0 Å². The number of unbranched alkanes of at least 4 members (excludes halogenated alkanes) is 1. The molecule has 0 fully saturated rings. The van der Waals surface area contributed by atoms with Crippen LogP contribution in [0, 0.1) is 0 Å². The molecule has 14 heavy (non-hydrogen) atoms. The Morgan fingerprint density at radius 2 is 2.29 bits per heavy atom. The second-order valence-corrected chi connectivity index (χ2v) is 3.91. The van der Waals surface area contributed by atoms with Gasteiger partial charge in [-0.3, -0.25) is 0 Å². The molecule has 3 nitrogen and oxygen atoms in total. The van der Waals surface area contributed by atoms with Crippen LogP contribution in [0.3, 0.4) is 0 Å². The van der Waals surface area contributed by atoms with E-state index in [1.807, 2.05) is 6.20 Å². The predicted octanol–water partition coefficient (Wildman–Crippen LogP) is 2.64. The zero-order chi connectivity index (χ0) is 10.4. The van der Waals surface area contributed by atoms with Crippen molar-refractivity contribution in [2.75, 3.05) is 0 Å². The van der Waals surface area contributed by atoms with E-state index < -0.39 is 0 Å². The largest absolute Gasteiger partial charge is 0.347 e. The summed E-state index contributed by atoms with van der Waals surface area (Å²) in [5, 5.41) is 3.52. The van der Waals surface area contributed by atoms with Crippen LogP contribution in [0.2, 0.25) is 0 Å². The monoisotopic (exact) mass is 195 g/mol. The first kappa shape index (κ1) is 11.2. The molecule has 0 amide bonds. The molecule has 0 aliphatic rings. The van der Waals surface area contributed by atoms with Crippen LogP contribution in [0.5, 0.6) is 0 Å². The van der Waals surface area contributed by atoms with E-state index in [-0.39, 0.29) is 0 Å². The van der Waals surface area contributed by atoms with Crippen LogP contribution in [0.15, 0.2) is 12.4 Å². The lowest BCUT2D eigenvalue weighted by Gasteiger charge is -2.18. The fourth-order valence-electron chi connectivity index (χ4n) is 1.61. The number of H-pyrrole nitrogens is 1. The molecule has 0 saturated heterocycles. The second-order valence-electron chi connectivity index (χ2n) is 3.91. The van der Waals surface area contributed by atoms with Gasteiger partial charge in [0.1, 0.15) is 5.82 Å². The molecular formula is C11H21N3. The molecule has 0 aromatic carbocycles. The first-order chi connectivity index (χ1) is 6.74. The minimum Gasteiger partial charge on any atom is -0.347 e. The fraction of sp³-hybridized carbons (Fsp3) is 0.727. The van der Waals surface area contributed by atoms with Crippen LogP contribution < -0.4 is 5.32 Å². The summed E-state index contributed by atoms with van der Waals surface area (Å²) in [6, 6.07) is 0.881. The van der Waals surface area contributed by atoms with Gasteiger partial charge in [0, 0.05) is 18.4 Å². The standard InChI is InChI=1S/C11H21N3/c1-4-5-6-9(2)14-10(3)11-12-7-8-13-11/h7-10,14H,4-6H2,1-3H3,(H,12,13). The average molecular weight is 195 g/mol. The van der Waals surface area contributed by atoms with Crippen LogP contribution in [-0.4, -0.2) is 16.0 Å². The molecule has 2 N–H and O–H groups in total. The van der Waals surface area contributed by atoms with Gasteiger partial charge >= 0.3 is 0 Å². The highest BCUT2D eigenvalue weighted by Gasteiger charge is 2.10. The summed E-state index contributed by atoms with van der Waals surface area (Å²) in [6.07, 6.45) is 7.45. The Morgan fingerprint density at radius 1 is 1.50 bits per heavy atom. The van der Waals surface area contributed by atoms with Crippen molar-refractivity contribution in [3.63, 3.8) is 0 Å².